The second-order valence-corrected chi connectivity index (χ2v) is 21.3. The van der Waals surface area contributed by atoms with Gasteiger partial charge in [-0.1, -0.05) is 125 Å². The summed E-state index contributed by atoms with van der Waals surface area (Å²) < 4.78 is 102. The first-order valence-electron chi connectivity index (χ1n) is 14.5. The van der Waals surface area contributed by atoms with Crippen molar-refractivity contribution < 1.29 is 65.4 Å². The van der Waals surface area contributed by atoms with Crippen molar-refractivity contribution in [1.29, 1.82) is 0 Å². The van der Waals surface area contributed by atoms with Gasteiger partial charge in [-0.15, -0.1) is 33.2 Å². The second kappa shape index (κ2) is 20.6. The van der Waals surface area contributed by atoms with Crippen molar-refractivity contribution >= 4 is 14.3 Å². The zero-order valence-electron chi connectivity index (χ0n) is 31.1. The number of hydrogen-bond acceptors (Lipinski definition) is 0. The van der Waals surface area contributed by atoms with Crippen molar-refractivity contribution in [1.82, 2.24) is 0 Å². The number of rotatable bonds is 0. The van der Waals surface area contributed by atoms with Gasteiger partial charge in [0.2, 0.25) is 0 Å². The van der Waals surface area contributed by atoms with Crippen molar-refractivity contribution in [3.63, 3.8) is 0 Å². The topological polar surface area (TPSA) is 42.3 Å². The predicted octanol–water partition coefficient (Wildman–Crippen LogP) is 13.1. The number of halogens is 9. The molecule has 0 aliphatic heterocycles. The summed E-state index contributed by atoms with van der Waals surface area (Å²) in [6, 6.07) is 10.0. The van der Waals surface area contributed by atoms with E-state index >= 15 is 0 Å². The van der Waals surface area contributed by atoms with E-state index in [-0.39, 0.29) is 59.1 Å². The largest absolute Gasteiger partial charge is 4.00 e. The first-order valence-corrected chi connectivity index (χ1v) is 17.6. The third-order valence-electron chi connectivity index (χ3n) is 3.42. The molecule has 0 unspecified atom stereocenters. The minimum atomic E-state index is -7.10. The van der Waals surface area contributed by atoms with Crippen LogP contribution in [0.3, 0.4) is 0 Å². The average Bonchev–Trinajstić information content (AvgIpc) is 3.07. The molecule has 1 rings (SSSR count). The van der Waals surface area contributed by atoms with Crippen LogP contribution in [0, 0.1) is 0 Å². The van der Waals surface area contributed by atoms with Crippen LogP contribution in [0.25, 0.3) is 16.0 Å². The van der Waals surface area contributed by atoms with E-state index in [1.54, 1.807) is 0 Å². The minimum Gasteiger partial charge on any atom is -0.214 e. The molecule has 0 heterocycles. The molecule has 0 bridgehead atoms. The molecule has 0 N–H and O–H groups in total. The summed E-state index contributed by atoms with van der Waals surface area (Å²) in [6.45, 7) is 38.2. The fourth-order valence-corrected chi connectivity index (χ4v) is 5.84. The molecule has 1 radical (unpaired) electrons. The van der Waals surface area contributed by atoms with Gasteiger partial charge in [-0.2, -0.15) is 18.2 Å². The van der Waals surface area contributed by atoms with Gasteiger partial charge in [-0.3, -0.25) is 0 Å². The van der Waals surface area contributed by atoms with Gasteiger partial charge in [0, 0.05) is 0 Å². The second-order valence-electron chi connectivity index (χ2n) is 16.2. The number of alkyl halides is 9. The molecule has 0 spiro atoms. The van der Waals surface area contributed by atoms with Crippen LogP contribution in [-0.4, -0.2) is 62.6 Å². The molecule has 0 aliphatic carbocycles. The molecular formula is C32H59F9GeHfN3. The van der Waals surface area contributed by atoms with E-state index in [9.17, 15) is 39.5 Å². The van der Waals surface area contributed by atoms with Crippen LogP contribution in [0.2, 0.25) is 0 Å². The maximum absolute atomic E-state index is 11.3. The number of hydrogen-bond donors (Lipinski definition) is 0. The first kappa shape index (κ1) is 55.4. The molecule has 0 amide bonds. The van der Waals surface area contributed by atoms with Crippen LogP contribution in [-0.2, 0) is 25.8 Å². The van der Waals surface area contributed by atoms with E-state index in [1.807, 2.05) is 30.3 Å². The van der Waals surface area contributed by atoms with Gasteiger partial charge in [0.25, 0.3) is 0 Å². The van der Waals surface area contributed by atoms with Crippen LogP contribution >= 0.6 is 0 Å². The molecule has 46 heavy (non-hydrogen) atoms. The zero-order valence-corrected chi connectivity index (χ0v) is 36.8. The Hall–Kier alpha value is 0.0130. The Morgan fingerprint density at radius 1 is 0.370 bits per heavy atom. The van der Waals surface area contributed by atoms with Crippen LogP contribution in [0.5, 0.6) is 0 Å². The van der Waals surface area contributed by atoms with E-state index in [0.717, 1.165) is 0 Å². The van der Waals surface area contributed by atoms with Gasteiger partial charge in [-0.05, 0) is 0 Å². The van der Waals surface area contributed by atoms with Crippen molar-refractivity contribution in [2.45, 2.75) is 173 Å². The standard InChI is InChI=1S/3C8H18N.C5H5.C3F9Ge.Hf/c3*1-7(2,3)9-8(4,5)6;1-2-4-5-3-1;4-1(5,6)13(2(7,8)9)3(10,11)12;/h3*1-6H3;1-5H;;/q4*-1;;+4. The maximum atomic E-state index is 11.3. The summed E-state index contributed by atoms with van der Waals surface area (Å²) in [6.07, 6.45) is 0. The molecule has 0 fully saturated rings. The number of nitrogens with zero attached hydrogens (tertiary/aromatic N) is 3. The Bertz CT molecular complexity index is 709. The maximum Gasteiger partial charge on any atom is 4.00 e. The molecule has 14 heteroatoms. The fourth-order valence-electron chi connectivity index (χ4n) is 3.82. The molecule has 0 atom stereocenters. The smallest absolute Gasteiger partial charge is 0.214 e. The molecule has 1 aromatic carbocycles. The normalized spacial score (nSPS) is 13.4. The Balaban J connectivity index is -0.000000155. The van der Waals surface area contributed by atoms with Gasteiger partial charge >= 0.3 is 94.7 Å². The monoisotopic (exact) mass is 910 g/mol. The summed E-state index contributed by atoms with van der Waals surface area (Å²) >= 11 is -7.10. The van der Waals surface area contributed by atoms with Crippen molar-refractivity contribution in [3.05, 3.63) is 46.3 Å². The summed E-state index contributed by atoms with van der Waals surface area (Å²) in [5.41, 5.74) is 0.656. The molecule has 0 aromatic heterocycles. The van der Waals surface area contributed by atoms with Gasteiger partial charge in [0.15, 0.2) is 0 Å². The summed E-state index contributed by atoms with van der Waals surface area (Å²) in [5.74, 6) is 0. The first-order chi connectivity index (χ1) is 19.0. The zero-order chi connectivity index (χ0) is 37.7. The molecule has 3 nitrogen and oxygen atoms in total. The summed E-state index contributed by atoms with van der Waals surface area (Å²) in [5, 5.41) is -4.97. The van der Waals surface area contributed by atoms with E-state index < -0.39 is 29.4 Å². The Kier molecular flexibility index (Phi) is 24.9. The van der Waals surface area contributed by atoms with Crippen LogP contribution in [0.1, 0.15) is 125 Å². The average molecular weight is 908 g/mol. The van der Waals surface area contributed by atoms with Crippen LogP contribution in [0.4, 0.5) is 39.5 Å². The molecule has 1 aromatic rings. The Morgan fingerprint density at radius 3 is 0.543 bits per heavy atom. The van der Waals surface area contributed by atoms with E-state index in [1.165, 1.54) is 0 Å². The molecule has 0 saturated carbocycles. The van der Waals surface area contributed by atoms with Gasteiger partial charge in [0.05, 0.1) is 0 Å². The van der Waals surface area contributed by atoms with Gasteiger partial charge < -0.3 is 16.0 Å². The fraction of sp³-hybridized carbons (Fsp3) is 0.844. The van der Waals surface area contributed by atoms with E-state index in [2.05, 4.69) is 141 Å². The molecule has 0 saturated heterocycles. The van der Waals surface area contributed by atoms with Crippen LogP contribution < -0.4 is 0 Å². The van der Waals surface area contributed by atoms with Gasteiger partial charge in [0.1, 0.15) is 0 Å². The van der Waals surface area contributed by atoms with Crippen LogP contribution in [0.15, 0.2) is 30.3 Å². The predicted molar refractivity (Wildman–Crippen MR) is 175 cm³/mol. The molecular weight excluding hydrogens is 848 g/mol. The van der Waals surface area contributed by atoms with E-state index in [0.29, 0.717) is 0 Å². The molecule has 0 aliphatic rings. The van der Waals surface area contributed by atoms with Gasteiger partial charge in [-0.25, -0.2) is 12.1 Å². The SMILES string of the molecule is CC(C)(C)[N-]C(C)(C)C.CC(C)(C)[N-]C(C)(C)C.CC(C)(C)[N-]C(C)(C)C.F[C](F)(F)[Ge]([C](F)(F)F)[C](F)(F)F.[Hf+4].c1cc[cH-]c1. The van der Waals surface area contributed by atoms with Crippen molar-refractivity contribution in [2.24, 2.45) is 0 Å². The Labute approximate surface area is 297 Å². The minimum absolute atomic E-state index is 0. The third-order valence-corrected chi connectivity index (χ3v) is 6.99. The summed E-state index contributed by atoms with van der Waals surface area (Å²) in [7, 11) is 0. The van der Waals surface area contributed by atoms with E-state index in [4.69, 9.17) is 0 Å². The Morgan fingerprint density at radius 2 is 0.522 bits per heavy atom. The molecule has 273 valence electrons. The van der Waals surface area contributed by atoms with Crippen molar-refractivity contribution in [2.75, 3.05) is 0 Å². The quantitative estimate of drug-likeness (QED) is 0.141. The van der Waals surface area contributed by atoms with Crippen molar-refractivity contribution in [3.8, 4) is 0 Å². The third kappa shape index (κ3) is 48.4. The summed E-state index contributed by atoms with van der Waals surface area (Å²) in [4.78, 5) is 0.